The third-order valence-electron chi connectivity index (χ3n) is 5.41. The molecule has 0 radical (unpaired) electrons. The fraction of sp³-hybridized carbons (Fsp3) is 0. The predicted octanol–water partition coefficient (Wildman–Crippen LogP) is 5.25. The van der Waals surface area contributed by atoms with Gasteiger partial charge in [-0.05, 0) is 40.5 Å². The lowest BCUT2D eigenvalue weighted by atomic mass is 9.90. The molecular formula is C26H19NO2. The highest BCUT2D eigenvalue weighted by molar-refractivity contribution is 6.17. The molecule has 0 saturated carbocycles. The van der Waals surface area contributed by atoms with Crippen LogP contribution in [0.5, 0.6) is 0 Å². The summed E-state index contributed by atoms with van der Waals surface area (Å²) in [6.07, 6.45) is 2.04. The van der Waals surface area contributed by atoms with Gasteiger partial charge in [-0.15, -0.1) is 0 Å². The molecule has 1 aromatic heterocycles. The van der Waals surface area contributed by atoms with Crippen LogP contribution in [-0.2, 0) is 0 Å². The zero-order valence-corrected chi connectivity index (χ0v) is 15.6. The molecule has 29 heavy (non-hydrogen) atoms. The Balaban J connectivity index is 1.96. The molecule has 140 valence electrons. The minimum atomic E-state index is 0.570. The van der Waals surface area contributed by atoms with Crippen LogP contribution in [-0.4, -0.2) is 15.2 Å². The third-order valence-corrected chi connectivity index (χ3v) is 5.41. The fourth-order valence-corrected chi connectivity index (χ4v) is 4.06. The molecule has 0 spiro atoms. The van der Waals surface area contributed by atoms with Crippen LogP contribution in [0.4, 0.5) is 0 Å². The molecule has 0 fully saturated rings. The highest BCUT2D eigenvalue weighted by atomic mass is 16.2. The molecule has 0 atom stereocenters. The number of hydrogen-bond donors (Lipinski definition) is 3. The number of nitrogens with one attached hydrogen (secondary N) is 1. The summed E-state index contributed by atoms with van der Waals surface area (Å²) in [6.45, 7) is 0. The Bertz CT molecular complexity index is 1460. The zero-order chi connectivity index (χ0) is 19.8. The molecule has 3 heteroatoms. The maximum atomic E-state index is 9.69. The topological polar surface area (TPSA) is 56.2 Å². The molecule has 3 nitrogen and oxygen atoms in total. The highest BCUT2D eigenvalue weighted by Gasteiger charge is 2.16. The van der Waals surface area contributed by atoms with Gasteiger partial charge in [0.25, 0.3) is 0 Å². The highest BCUT2D eigenvalue weighted by Crippen LogP contribution is 2.40. The van der Waals surface area contributed by atoms with Gasteiger partial charge in [0.2, 0.25) is 0 Å². The van der Waals surface area contributed by atoms with Gasteiger partial charge in [0.1, 0.15) is 0 Å². The predicted molar refractivity (Wildman–Crippen MR) is 120 cm³/mol. The Morgan fingerprint density at radius 1 is 0.621 bits per heavy atom. The smallest absolute Gasteiger partial charge is 0.0871 e. The van der Waals surface area contributed by atoms with E-state index in [1.54, 1.807) is 0 Å². The van der Waals surface area contributed by atoms with Crippen LogP contribution in [0.2, 0.25) is 0 Å². The van der Waals surface area contributed by atoms with Crippen molar-refractivity contribution < 1.29 is 10.2 Å². The number of rotatable bonds is 2. The van der Waals surface area contributed by atoms with Crippen molar-refractivity contribution in [2.45, 2.75) is 0 Å². The largest absolute Gasteiger partial charge is 0.515 e. The normalized spacial score (nSPS) is 12.8. The van der Waals surface area contributed by atoms with E-state index in [-0.39, 0.29) is 0 Å². The van der Waals surface area contributed by atoms with Crippen molar-refractivity contribution in [1.82, 2.24) is 4.98 Å². The molecule has 0 amide bonds. The Morgan fingerprint density at radius 2 is 1.38 bits per heavy atom. The molecule has 5 rings (SSSR count). The summed E-state index contributed by atoms with van der Waals surface area (Å²) in [4.78, 5) is 3.51. The maximum Gasteiger partial charge on any atom is 0.0871 e. The molecule has 0 saturated heterocycles. The van der Waals surface area contributed by atoms with Crippen LogP contribution < -0.4 is 10.4 Å². The first-order valence-electron chi connectivity index (χ1n) is 9.48. The molecule has 0 aliphatic heterocycles. The second kappa shape index (κ2) is 6.88. The lowest BCUT2D eigenvalue weighted by Gasteiger charge is -2.13. The van der Waals surface area contributed by atoms with E-state index in [1.807, 2.05) is 48.5 Å². The molecule has 0 aliphatic rings. The van der Waals surface area contributed by atoms with E-state index >= 15 is 0 Å². The van der Waals surface area contributed by atoms with Crippen molar-refractivity contribution in [3.8, 4) is 22.3 Å². The molecular weight excluding hydrogens is 358 g/mol. The van der Waals surface area contributed by atoms with Crippen molar-refractivity contribution in [3.05, 3.63) is 95.4 Å². The van der Waals surface area contributed by atoms with Crippen LogP contribution in [0, 0.1) is 0 Å². The van der Waals surface area contributed by atoms with E-state index in [0.29, 0.717) is 10.4 Å². The van der Waals surface area contributed by atoms with Gasteiger partial charge >= 0.3 is 0 Å². The minimum absolute atomic E-state index is 0.570. The van der Waals surface area contributed by atoms with Gasteiger partial charge < -0.3 is 15.2 Å². The van der Waals surface area contributed by atoms with E-state index in [2.05, 4.69) is 41.4 Å². The zero-order valence-electron chi connectivity index (χ0n) is 15.6. The van der Waals surface area contributed by atoms with Gasteiger partial charge in [0.05, 0.1) is 12.5 Å². The van der Waals surface area contributed by atoms with Crippen LogP contribution >= 0.6 is 0 Å². The van der Waals surface area contributed by atoms with Gasteiger partial charge in [-0.1, -0.05) is 66.7 Å². The first kappa shape index (κ1) is 17.1. The number of aromatic amines is 1. The van der Waals surface area contributed by atoms with Crippen LogP contribution in [0.1, 0.15) is 0 Å². The second-order valence-electron chi connectivity index (χ2n) is 7.05. The standard InChI is InChI=1S/C26H19NO2/c28-15-19-11-10-18(14-20(19)16-29)25-21(17-6-2-1-3-7-17)12-13-24-26(25)22-8-4-5-9-23(22)27-24/h1-16,27-29H. The van der Waals surface area contributed by atoms with E-state index in [1.165, 1.54) is 0 Å². The van der Waals surface area contributed by atoms with Gasteiger partial charge in [0.15, 0.2) is 0 Å². The van der Waals surface area contributed by atoms with Crippen molar-refractivity contribution >= 4 is 34.3 Å². The van der Waals surface area contributed by atoms with Crippen molar-refractivity contribution in [3.63, 3.8) is 0 Å². The molecule has 3 N–H and O–H groups in total. The number of aromatic nitrogens is 1. The van der Waals surface area contributed by atoms with E-state index < -0.39 is 0 Å². The number of aliphatic hydroxyl groups excluding tert-OH is 2. The number of aliphatic hydroxyl groups is 2. The number of para-hydroxylation sites is 1. The van der Waals surface area contributed by atoms with E-state index in [9.17, 15) is 10.2 Å². The summed E-state index contributed by atoms with van der Waals surface area (Å²) >= 11 is 0. The summed E-state index contributed by atoms with van der Waals surface area (Å²) < 4.78 is 0. The quantitative estimate of drug-likeness (QED) is 0.394. The lowest BCUT2D eigenvalue weighted by molar-refractivity contribution is 0.533. The lowest BCUT2D eigenvalue weighted by Crippen LogP contribution is -2.24. The van der Waals surface area contributed by atoms with Crippen molar-refractivity contribution in [2.75, 3.05) is 0 Å². The second-order valence-corrected chi connectivity index (χ2v) is 7.05. The number of hydrogen-bond acceptors (Lipinski definition) is 2. The Labute approximate surface area is 167 Å². The number of H-pyrrole nitrogens is 1. The van der Waals surface area contributed by atoms with Crippen LogP contribution in [0.3, 0.4) is 0 Å². The third kappa shape index (κ3) is 2.75. The van der Waals surface area contributed by atoms with Crippen molar-refractivity contribution in [1.29, 1.82) is 0 Å². The summed E-state index contributed by atoms with van der Waals surface area (Å²) in [5.74, 6) is 0. The average molecular weight is 377 g/mol. The SMILES string of the molecule is OC=c1ccc(-c2c(-c3ccccc3)ccc3[nH]c4ccccc4c23)cc1=CO. The van der Waals surface area contributed by atoms with Gasteiger partial charge in [-0.25, -0.2) is 0 Å². The molecule has 1 heterocycles. The molecule has 5 aromatic rings. The fourth-order valence-electron chi connectivity index (χ4n) is 4.06. The van der Waals surface area contributed by atoms with Gasteiger partial charge in [0, 0.05) is 32.2 Å². The first-order chi connectivity index (χ1) is 14.3. The maximum absolute atomic E-state index is 9.69. The minimum Gasteiger partial charge on any atom is -0.515 e. The van der Waals surface area contributed by atoms with Gasteiger partial charge in [-0.2, -0.15) is 0 Å². The van der Waals surface area contributed by atoms with Crippen LogP contribution in [0.25, 0.3) is 56.6 Å². The Hall–Kier alpha value is -3.98. The molecule has 0 aliphatic carbocycles. The van der Waals surface area contributed by atoms with Gasteiger partial charge in [-0.3, -0.25) is 0 Å². The first-order valence-corrected chi connectivity index (χ1v) is 9.48. The van der Waals surface area contributed by atoms with Crippen LogP contribution in [0.15, 0.2) is 84.9 Å². The summed E-state index contributed by atoms with van der Waals surface area (Å²) in [5.41, 5.74) is 6.47. The molecule has 0 bridgehead atoms. The molecule has 0 unspecified atom stereocenters. The van der Waals surface area contributed by atoms with E-state index in [4.69, 9.17) is 0 Å². The number of fused-ring (bicyclic) bond motifs is 3. The monoisotopic (exact) mass is 377 g/mol. The Morgan fingerprint density at radius 3 is 2.17 bits per heavy atom. The number of benzene rings is 4. The summed E-state index contributed by atoms with van der Waals surface area (Å²) in [5, 5.41) is 22.6. The molecule has 4 aromatic carbocycles. The summed E-state index contributed by atoms with van der Waals surface area (Å²) in [6, 6.07) is 28.5. The van der Waals surface area contributed by atoms with Crippen molar-refractivity contribution in [2.24, 2.45) is 0 Å². The Kier molecular flexibility index (Phi) is 4.07. The summed E-state index contributed by atoms with van der Waals surface area (Å²) in [7, 11) is 0. The average Bonchev–Trinajstić information content (AvgIpc) is 3.17. The van der Waals surface area contributed by atoms with E-state index in [0.717, 1.165) is 56.6 Å².